The van der Waals surface area contributed by atoms with Crippen molar-refractivity contribution in [1.82, 2.24) is 24.1 Å². The molecule has 3 heterocycles. The third-order valence-corrected chi connectivity index (χ3v) is 15.1. The second-order valence-electron chi connectivity index (χ2n) is 24.5. The summed E-state index contributed by atoms with van der Waals surface area (Å²) in [5.41, 5.74) is 15.9. The summed E-state index contributed by atoms with van der Waals surface area (Å²) in [4.78, 5) is 16.4. The number of aromatic nitrogens is 5. The van der Waals surface area contributed by atoms with Gasteiger partial charge in [0.15, 0.2) is 17.5 Å². The SMILES string of the molecule is CC(C)(C)c1ccc2c(c1)c1cc(C(C)(C)C)ccc1n2-c1ccc(-c2cccc(C#N)c2)cc1-c1nc(-c2ccccc2)nc(-c2ccc(C#N)cc2-n2c3ccc(C(C)(C)C)cc3c3cc(C(C)(C)C)ccc32)n1. The van der Waals surface area contributed by atoms with Gasteiger partial charge < -0.3 is 9.13 Å². The molecule has 11 rings (SSSR count). The topological polar surface area (TPSA) is 96.1 Å². The fourth-order valence-corrected chi connectivity index (χ4v) is 10.6. The van der Waals surface area contributed by atoms with Crippen molar-refractivity contribution in [2.75, 3.05) is 0 Å². The molecule has 3 aromatic heterocycles. The minimum absolute atomic E-state index is 0.0710. The van der Waals surface area contributed by atoms with E-state index in [1.54, 1.807) is 0 Å². The average Bonchev–Trinajstić information content (AvgIpc) is 4.02. The molecule has 7 nitrogen and oxygen atoms in total. The molecule has 0 spiro atoms. The summed E-state index contributed by atoms with van der Waals surface area (Å²) >= 11 is 0. The summed E-state index contributed by atoms with van der Waals surface area (Å²) in [5, 5.41) is 25.3. The van der Waals surface area contributed by atoms with Crippen LogP contribution in [0.1, 0.15) is 116 Å². The van der Waals surface area contributed by atoms with Gasteiger partial charge in [0.05, 0.1) is 56.7 Å². The van der Waals surface area contributed by atoms with Crippen LogP contribution in [-0.4, -0.2) is 24.1 Å². The molecule has 0 aliphatic rings. The summed E-state index contributed by atoms with van der Waals surface area (Å²) < 4.78 is 4.65. The third-order valence-electron chi connectivity index (χ3n) is 15.1. The highest BCUT2D eigenvalue weighted by molar-refractivity contribution is 6.11. The molecule has 7 heteroatoms. The molecule has 0 saturated heterocycles. The van der Waals surface area contributed by atoms with Crippen LogP contribution in [0.4, 0.5) is 0 Å². The Labute approximate surface area is 446 Å². The first-order chi connectivity index (χ1) is 36.1. The van der Waals surface area contributed by atoms with Crippen LogP contribution in [0.2, 0.25) is 0 Å². The minimum atomic E-state index is -0.0795. The van der Waals surface area contributed by atoms with E-state index in [1.165, 1.54) is 33.0 Å². The van der Waals surface area contributed by atoms with Gasteiger partial charge in [0.1, 0.15) is 0 Å². The molecular weight excluding hydrogens is 927 g/mol. The Morgan fingerprint density at radius 3 is 1.20 bits per heavy atom. The maximum absolute atomic E-state index is 10.6. The first-order valence-electron chi connectivity index (χ1n) is 26.3. The average molecular weight is 990 g/mol. The fraction of sp³-hybridized carbons (Fsp3) is 0.232. The van der Waals surface area contributed by atoms with E-state index in [0.29, 0.717) is 28.6 Å². The Morgan fingerprint density at radius 1 is 0.329 bits per heavy atom. The number of nitriles is 2. The van der Waals surface area contributed by atoms with Crippen LogP contribution in [-0.2, 0) is 21.7 Å². The monoisotopic (exact) mass is 990 g/mol. The lowest BCUT2D eigenvalue weighted by molar-refractivity contribution is 0.590. The van der Waals surface area contributed by atoms with Gasteiger partial charge in [0, 0.05) is 38.2 Å². The van der Waals surface area contributed by atoms with Crippen LogP contribution in [0.3, 0.4) is 0 Å². The first-order valence-corrected chi connectivity index (χ1v) is 26.3. The van der Waals surface area contributed by atoms with E-state index in [4.69, 9.17) is 15.0 Å². The van der Waals surface area contributed by atoms with E-state index in [9.17, 15) is 10.5 Å². The lowest BCUT2D eigenvalue weighted by Gasteiger charge is -2.20. The zero-order valence-corrected chi connectivity index (χ0v) is 45.7. The molecule has 0 aliphatic carbocycles. The van der Waals surface area contributed by atoms with Crippen molar-refractivity contribution in [1.29, 1.82) is 10.5 Å². The molecule has 0 saturated carbocycles. The molecule has 0 aliphatic heterocycles. The molecular formula is C69H63N7. The van der Waals surface area contributed by atoms with Crippen LogP contribution < -0.4 is 0 Å². The lowest BCUT2D eigenvalue weighted by Crippen LogP contribution is -2.10. The molecule has 0 atom stereocenters. The van der Waals surface area contributed by atoms with Crippen LogP contribution in [0.15, 0.2) is 164 Å². The highest BCUT2D eigenvalue weighted by Gasteiger charge is 2.27. The minimum Gasteiger partial charge on any atom is -0.309 e. The largest absolute Gasteiger partial charge is 0.309 e. The Morgan fingerprint density at radius 2 is 0.737 bits per heavy atom. The van der Waals surface area contributed by atoms with Crippen LogP contribution in [0.5, 0.6) is 0 Å². The van der Waals surface area contributed by atoms with E-state index < -0.39 is 0 Å². The van der Waals surface area contributed by atoms with Crippen molar-refractivity contribution in [3.05, 3.63) is 197 Å². The molecule has 0 unspecified atom stereocenters. The zero-order chi connectivity index (χ0) is 53.6. The van der Waals surface area contributed by atoms with Gasteiger partial charge in [0.2, 0.25) is 0 Å². The van der Waals surface area contributed by atoms with Crippen molar-refractivity contribution in [3.63, 3.8) is 0 Å². The molecule has 8 aromatic carbocycles. The molecule has 0 amide bonds. The molecule has 374 valence electrons. The van der Waals surface area contributed by atoms with Gasteiger partial charge in [-0.15, -0.1) is 0 Å². The second-order valence-corrected chi connectivity index (χ2v) is 24.5. The predicted octanol–water partition coefficient (Wildman–Crippen LogP) is 17.7. The highest BCUT2D eigenvalue weighted by atomic mass is 15.1. The Balaban J connectivity index is 1.24. The van der Waals surface area contributed by atoms with Gasteiger partial charge >= 0.3 is 0 Å². The summed E-state index contributed by atoms with van der Waals surface area (Å²) in [5.74, 6) is 1.45. The van der Waals surface area contributed by atoms with E-state index in [1.807, 2.05) is 72.8 Å². The third kappa shape index (κ3) is 8.80. The predicted molar refractivity (Wildman–Crippen MR) is 314 cm³/mol. The molecule has 0 fully saturated rings. The first kappa shape index (κ1) is 49.6. The van der Waals surface area contributed by atoms with Crippen molar-refractivity contribution in [2.24, 2.45) is 0 Å². The highest BCUT2D eigenvalue weighted by Crippen LogP contribution is 2.44. The van der Waals surface area contributed by atoms with E-state index in [2.05, 4.69) is 195 Å². The summed E-state index contributed by atoms with van der Waals surface area (Å²) in [6.07, 6.45) is 0. The van der Waals surface area contributed by atoms with Crippen molar-refractivity contribution in [3.8, 4) is 68.8 Å². The normalized spacial score (nSPS) is 12.4. The maximum atomic E-state index is 10.6. The summed E-state index contributed by atoms with van der Waals surface area (Å²) in [6, 6.07) is 62.3. The number of hydrogen-bond donors (Lipinski definition) is 0. The van der Waals surface area contributed by atoms with Crippen molar-refractivity contribution in [2.45, 2.75) is 105 Å². The number of rotatable bonds is 6. The van der Waals surface area contributed by atoms with E-state index in [-0.39, 0.29) is 21.7 Å². The molecule has 0 N–H and O–H groups in total. The van der Waals surface area contributed by atoms with Crippen LogP contribution in [0.25, 0.3) is 100 Å². The van der Waals surface area contributed by atoms with Gasteiger partial charge in [-0.1, -0.05) is 156 Å². The summed E-state index contributed by atoms with van der Waals surface area (Å²) in [7, 11) is 0. The molecule has 11 aromatic rings. The number of benzene rings is 8. The van der Waals surface area contributed by atoms with Gasteiger partial charge in [-0.2, -0.15) is 10.5 Å². The van der Waals surface area contributed by atoms with Crippen molar-refractivity contribution >= 4 is 43.6 Å². The molecule has 76 heavy (non-hydrogen) atoms. The Hall–Kier alpha value is -8.65. The Kier molecular flexibility index (Phi) is 11.8. The smallest absolute Gasteiger partial charge is 0.166 e. The van der Waals surface area contributed by atoms with E-state index >= 15 is 0 Å². The van der Waals surface area contributed by atoms with Crippen LogP contribution in [0, 0.1) is 22.7 Å². The van der Waals surface area contributed by atoms with Gasteiger partial charge in [-0.05, 0) is 146 Å². The standard InChI is InChI=1S/C69H63N7/c1-66(2,3)47-23-29-57-52(36-47)53-37-48(67(4,5)6)24-30-58(53)75(57)61-28-22-46(45-20-16-17-42(33-45)40-70)35-56(61)65-73-63(44-18-14-13-15-19-44)72-64(74-65)51-27-21-43(41-71)34-62(51)76-59-31-25-49(68(7,8)9)38-54(59)55-39-50(69(10,11)12)26-32-60(55)76/h13-39H,1-12H3. The lowest BCUT2D eigenvalue weighted by atomic mass is 9.85. The number of fused-ring (bicyclic) bond motifs is 6. The van der Waals surface area contributed by atoms with Crippen molar-refractivity contribution < 1.29 is 0 Å². The number of hydrogen-bond acceptors (Lipinski definition) is 5. The van der Waals surface area contributed by atoms with Crippen LogP contribution >= 0.6 is 0 Å². The summed E-state index contributed by atoms with van der Waals surface area (Å²) in [6.45, 7) is 27.1. The maximum Gasteiger partial charge on any atom is 0.166 e. The Bertz CT molecular complexity index is 4080. The molecule has 0 bridgehead atoms. The number of nitrogens with zero attached hydrogens (tertiary/aromatic N) is 7. The molecule has 0 radical (unpaired) electrons. The van der Waals surface area contributed by atoms with Gasteiger partial charge in [0.25, 0.3) is 0 Å². The fourth-order valence-electron chi connectivity index (χ4n) is 10.6. The zero-order valence-electron chi connectivity index (χ0n) is 45.7. The van der Waals surface area contributed by atoms with Gasteiger partial charge in [-0.25, -0.2) is 15.0 Å². The second kappa shape index (κ2) is 18.0. The van der Waals surface area contributed by atoms with E-state index in [0.717, 1.165) is 72.0 Å². The van der Waals surface area contributed by atoms with Gasteiger partial charge in [-0.3, -0.25) is 0 Å². The quantitative estimate of drug-likeness (QED) is 0.165.